The van der Waals surface area contributed by atoms with E-state index in [0.29, 0.717) is 28.8 Å². The lowest BCUT2D eigenvalue weighted by atomic mass is 10.1. The number of nitrogens with zero attached hydrogens (tertiary/aromatic N) is 2. The van der Waals surface area contributed by atoms with Crippen molar-refractivity contribution in [2.24, 2.45) is 0 Å². The van der Waals surface area contributed by atoms with Gasteiger partial charge in [0, 0.05) is 18.4 Å². The third kappa shape index (κ3) is 5.10. The van der Waals surface area contributed by atoms with Gasteiger partial charge < -0.3 is 19.3 Å². The lowest BCUT2D eigenvalue weighted by molar-refractivity contribution is -0.121. The van der Waals surface area contributed by atoms with Gasteiger partial charge in [-0.1, -0.05) is 23.4 Å². The van der Waals surface area contributed by atoms with Crippen LogP contribution in [0.4, 0.5) is 4.39 Å². The summed E-state index contributed by atoms with van der Waals surface area (Å²) < 4.78 is 29.0. The van der Waals surface area contributed by atoms with Crippen molar-refractivity contribution in [1.29, 1.82) is 0 Å². The van der Waals surface area contributed by atoms with Gasteiger partial charge in [0.15, 0.2) is 11.5 Å². The van der Waals surface area contributed by atoms with E-state index in [1.807, 2.05) is 19.1 Å². The quantitative estimate of drug-likeness (QED) is 0.622. The van der Waals surface area contributed by atoms with Crippen molar-refractivity contribution < 1.29 is 23.2 Å². The number of hydrogen-bond donors (Lipinski definition) is 1. The molecule has 1 amide bonds. The third-order valence-corrected chi connectivity index (χ3v) is 4.40. The average molecular weight is 399 g/mol. The molecule has 0 saturated carbocycles. The van der Waals surface area contributed by atoms with Gasteiger partial charge >= 0.3 is 0 Å². The number of aromatic nitrogens is 2. The number of benzene rings is 2. The molecule has 1 N–H and O–H groups in total. The summed E-state index contributed by atoms with van der Waals surface area (Å²) in [5, 5.41) is 6.77. The number of nitrogens with one attached hydrogen (secondary N) is 1. The Labute approximate surface area is 167 Å². The molecule has 0 radical (unpaired) electrons. The number of aryl methyl sites for hydroxylation is 1. The van der Waals surface area contributed by atoms with Crippen LogP contribution in [0, 0.1) is 5.82 Å². The van der Waals surface area contributed by atoms with Crippen LogP contribution in [0.15, 0.2) is 47.0 Å². The molecule has 3 aromatic rings. The van der Waals surface area contributed by atoms with Crippen molar-refractivity contribution in [3.8, 4) is 22.9 Å². The van der Waals surface area contributed by atoms with Crippen molar-refractivity contribution in [2.75, 3.05) is 14.2 Å². The van der Waals surface area contributed by atoms with Crippen molar-refractivity contribution >= 4 is 5.91 Å². The number of amides is 1. The van der Waals surface area contributed by atoms with Gasteiger partial charge in [-0.3, -0.25) is 4.79 Å². The normalized spacial score (nSPS) is 11.7. The van der Waals surface area contributed by atoms with Gasteiger partial charge in [-0.25, -0.2) is 4.39 Å². The number of halogens is 1. The summed E-state index contributed by atoms with van der Waals surface area (Å²) in [6.07, 6.45) is 0.467. The van der Waals surface area contributed by atoms with Gasteiger partial charge in [-0.2, -0.15) is 4.98 Å². The summed E-state index contributed by atoms with van der Waals surface area (Å²) in [5.74, 6) is 1.30. The van der Waals surface area contributed by atoms with Gasteiger partial charge in [-0.05, 0) is 36.8 Å². The Kier molecular flexibility index (Phi) is 6.43. The van der Waals surface area contributed by atoms with Crippen LogP contribution >= 0.6 is 0 Å². The van der Waals surface area contributed by atoms with E-state index in [2.05, 4.69) is 15.5 Å². The highest BCUT2D eigenvalue weighted by Crippen LogP contribution is 2.29. The number of carbonyl (C=O) groups excluding carboxylic acids is 1. The van der Waals surface area contributed by atoms with E-state index < -0.39 is 0 Å². The lowest BCUT2D eigenvalue weighted by Gasteiger charge is -2.16. The topological polar surface area (TPSA) is 86.5 Å². The molecule has 29 heavy (non-hydrogen) atoms. The molecule has 0 bridgehead atoms. The number of ether oxygens (including phenoxy) is 2. The molecule has 1 aromatic heterocycles. The van der Waals surface area contributed by atoms with E-state index >= 15 is 0 Å². The first-order valence-corrected chi connectivity index (χ1v) is 9.10. The molecule has 0 spiro atoms. The minimum absolute atomic E-state index is 0.155. The molecule has 1 heterocycles. The van der Waals surface area contributed by atoms with Crippen LogP contribution in [-0.4, -0.2) is 30.3 Å². The van der Waals surface area contributed by atoms with Gasteiger partial charge in [0.1, 0.15) is 5.82 Å². The standard InChI is InChI=1S/C21H22FN3O4/c1-13(14-7-8-17(27-2)18(12-14)28-3)23-19(26)9-10-20-24-21(25-29-20)15-5-4-6-16(22)11-15/h4-8,11-13H,9-10H2,1-3H3,(H,23,26). The molecule has 7 nitrogen and oxygen atoms in total. The minimum Gasteiger partial charge on any atom is -0.493 e. The fourth-order valence-corrected chi connectivity index (χ4v) is 2.84. The first-order valence-electron chi connectivity index (χ1n) is 9.10. The van der Waals surface area contributed by atoms with Crippen LogP contribution < -0.4 is 14.8 Å². The van der Waals surface area contributed by atoms with Crippen LogP contribution in [0.3, 0.4) is 0 Å². The summed E-state index contributed by atoms with van der Waals surface area (Å²) in [5.41, 5.74) is 1.41. The largest absolute Gasteiger partial charge is 0.493 e. The third-order valence-electron chi connectivity index (χ3n) is 4.40. The Bertz CT molecular complexity index is 990. The highest BCUT2D eigenvalue weighted by atomic mass is 19.1. The van der Waals surface area contributed by atoms with Crippen LogP contribution in [-0.2, 0) is 11.2 Å². The maximum absolute atomic E-state index is 13.3. The molecule has 0 aliphatic rings. The number of methoxy groups -OCH3 is 2. The summed E-state index contributed by atoms with van der Waals surface area (Å²) in [6.45, 7) is 1.88. The lowest BCUT2D eigenvalue weighted by Crippen LogP contribution is -2.26. The number of carbonyl (C=O) groups is 1. The second-order valence-corrected chi connectivity index (χ2v) is 6.43. The Balaban J connectivity index is 1.56. The second kappa shape index (κ2) is 9.18. The molecule has 1 atom stereocenters. The van der Waals surface area contributed by atoms with E-state index in [1.54, 1.807) is 32.4 Å². The zero-order chi connectivity index (χ0) is 20.8. The highest BCUT2D eigenvalue weighted by Gasteiger charge is 2.15. The molecule has 2 aromatic carbocycles. The molecule has 8 heteroatoms. The number of hydrogen-bond acceptors (Lipinski definition) is 6. The van der Waals surface area contributed by atoms with E-state index in [-0.39, 0.29) is 30.6 Å². The Morgan fingerprint density at radius 2 is 1.97 bits per heavy atom. The van der Waals surface area contributed by atoms with Crippen molar-refractivity contribution in [2.45, 2.75) is 25.8 Å². The van der Waals surface area contributed by atoms with Gasteiger partial charge in [0.25, 0.3) is 0 Å². The fourth-order valence-electron chi connectivity index (χ4n) is 2.84. The molecule has 0 aliphatic heterocycles. The van der Waals surface area contributed by atoms with Crippen molar-refractivity contribution in [3.05, 3.63) is 59.7 Å². The highest BCUT2D eigenvalue weighted by molar-refractivity contribution is 5.76. The average Bonchev–Trinajstić information content (AvgIpc) is 3.21. The number of rotatable bonds is 8. The zero-order valence-corrected chi connectivity index (χ0v) is 16.4. The first-order chi connectivity index (χ1) is 14.0. The van der Waals surface area contributed by atoms with Crippen LogP contribution in [0.2, 0.25) is 0 Å². The van der Waals surface area contributed by atoms with E-state index in [1.165, 1.54) is 12.1 Å². The monoisotopic (exact) mass is 399 g/mol. The summed E-state index contributed by atoms with van der Waals surface area (Å²) in [4.78, 5) is 16.5. The predicted molar refractivity (Wildman–Crippen MR) is 104 cm³/mol. The Morgan fingerprint density at radius 3 is 2.69 bits per heavy atom. The molecule has 152 valence electrons. The molecule has 0 saturated heterocycles. The maximum atomic E-state index is 13.3. The minimum atomic E-state index is -0.377. The van der Waals surface area contributed by atoms with Gasteiger partial charge in [-0.15, -0.1) is 0 Å². The van der Waals surface area contributed by atoms with Crippen LogP contribution in [0.25, 0.3) is 11.4 Å². The zero-order valence-electron chi connectivity index (χ0n) is 16.4. The predicted octanol–water partition coefficient (Wildman–Crippen LogP) is 3.70. The van der Waals surface area contributed by atoms with Crippen LogP contribution in [0.5, 0.6) is 11.5 Å². The molecular weight excluding hydrogens is 377 g/mol. The van der Waals surface area contributed by atoms with Gasteiger partial charge in [0.2, 0.25) is 17.6 Å². The maximum Gasteiger partial charge on any atom is 0.227 e. The molecule has 1 unspecified atom stereocenters. The van der Waals surface area contributed by atoms with Crippen LogP contribution in [0.1, 0.15) is 30.8 Å². The first kappa shape index (κ1) is 20.3. The summed E-state index contributed by atoms with van der Waals surface area (Å²) >= 11 is 0. The molecule has 0 fully saturated rings. The second-order valence-electron chi connectivity index (χ2n) is 6.43. The SMILES string of the molecule is COc1ccc(C(C)NC(=O)CCc2nc(-c3cccc(F)c3)no2)cc1OC. The fraction of sp³-hybridized carbons (Fsp3) is 0.286. The molecule has 3 rings (SSSR count). The summed E-state index contributed by atoms with van der Waals surface area (Å²) in [6, 6.07) is 11.2. The Hall–Kier alpha value is -3.42. The van der Waals surface area contributed by atoms with E-state index in [9.17, 15) is 9.18 Å². The smallest absolute Gasteiger partial charge is 0.227 e. The molecule has 0 aliphatic carbocycles. The molecular formula is C21H22FN3O4. The van der Waals surface area contributed by atoms with Crippen molar-refractivity contribution in [3.63, 3.8) is 0 Å². The van der Waals surface area contributed by atoms with E-state index in [4.69, 9.17) is 14.0 Å². The van der Waals surface area contributed by atoms with Gasteiger partial charge in [0.05, 0.1) is 20.3 Å². The van der Waals surface area contributed by atoms with E-state index in [0.717, 1.165) is 5.56 Å². The Morgan fingerprint density at radius 1 is 1.17 bits per heavy atom. The van der Waals surface area contributed by atoms with Crippen molar-refractivity contribution in [1.82, 2.24) is 15.5 Å². The summed E-state index contributed by atoms with van der Waals surface area (Å²) in [7, 11) is 3.13.